The smallest absolute Gasteiger partial charge is 0.296 e. The first-order valence-corrected chi connectivity index (χ1v) is 9.72. The highest BCUT2D eigenvalue weighted by molar-refractivity contribution is 6.04. The van der Waals surface area contributed by atoms with Crippen molar-refractivity contribution in [3.8, 4) is 0 Å². The van der Waals surface area contributed by atoms with E-state index in [9.17, 15) is 4.79 Å². The van der Waals surface area contributed by atoms with Gasteiger partial charge in [-0.2, -0.15) is 0 Å². The van der Waals surface area contributed by atoms with Crippen LogP contribution in [-0.2, 0) is 6.42 Å². The Morgan fingerprint density at radius 3 is 2.74 bits per heavy atom. The average molecular weight is 365 g/mol. The van der Waals surface area contributed by atoms with Crippen LogP contribution in [0.1, 0.15) is 45.8 Å². The molecular formula is C21H27N5O. The predicted octanol–water partition coefficient (Wildman–Crippen LogP) is 2.53. The molecule has 0 aliphatic carbocycles. The van der Waals surface area contributed by atoms with E-state index in [4.69, 9.17) is 5.73 Å². The van der Waals surface area contributed by atoms with E-state index in [1.54, 1.807) is 0 Å². The molecule has 0 spiro atoms. The number of aromatic nitrogens is 2. The molecule has 4 rings (SSSR count). The number of nitrogens with zero attached hydrogens (tertiary/aromatic N) is 4. The van der Waals surface area contributed by atoms with E-state index >= 15 is 0 Å². The number of hydrogen-bond donors (Lipinski definition) is 1. The number of fused-ring (bicyclic) bond motifs is 1. The molecular weight excluding hydrogens is 338 g/mol. The molecule has 1 amide bonds. The van der Waals surface area contributed by atoms with Crippen molar-refractivity contribution in [2.75, 3.05) is 29.4 Å². The summed E-state index contributed by atoms with van der Waals surface area (Å²) in [5.41, 5.74) is 11.4. The van der Waals surface area contributed by atoms with E-state index < -0.39 is 0 Å². The third-order valence-corrected chi connectivity index (χ3v) is 5.81. The molecule has 27 heavy (non-hydrogen) atoms. The molecule has 0 radical (unpaired) electrons. The topological polar surface area (TPSA) is 75.4 Å². The Kier molecular flexibility index (Phi) is 4.60. The second-order valence-electron chi connectivity index (χ2n) is 7.71. The molecule has 1 saturated heterocycles. The van der Waals surface area contributed by atoms with E-state index in [1.807, 2.05) is 30.9 Å². The van der Waals surface area contributed by atoms with Gasteiger partial charge in [-0.3, -0.25) is 4.79 Å². The molecule has 1 fully saturated rings. The Balaban J connectivity index is 1.71. The Hall–Kier alpha value is -2.47. The number of amides is 1. The number of carbonyl (C=O) groups is 1. The normalized spacial score (nSPS) is 19.3. The van der Waals surface area contributed by atoms with Gasteiger partial charge in [0, 0.05) is 42.6 Å². The molecule has 2 aromatic rings. The number of nitrogens with two attached hydrogens (primary N) is 1. The van der Waals surface area contributed by atoms with Gasteiger partial charge in [0.15, 0.2) is 0 Å². The van der Waals surface area contributed by atoms with Crippen LogP contribution in [-0.4, -0.2) is 41.6 Å². The maximum Gasteiger partial charge on any atom is 0.296 e. The molecule has 2 aliphatic heterocycles. The molecule has 6 nitrogen and oxygen atoms in total. The fourth-order valence-corrected chi connectivity index (χ4v) is 4.13. The number of carbonyl (C=O) groups excluding carboxylic acids is 1. The molecule has 0 unspecified atom stereocenters. The van der Waals surface area contributed by atoms with Crippen molar-refractivity contribution >= 4 is 17.4 Å². The third kappa shape index (κ3) is 3.18. The quantitative estimate of drug-likeness (QED) is 0.885. The standard InChI is InChI=1S/C21H27N5O/c1-13-6-4-8-18-17(13)7-5-10-26(18)21(27)19-23-15(3)14(2)20(24-19)25-11-9-16(22)12-25/h4,6,8,16H,5,7,9-12,22H2,1-3H3/t16-/m1/s1. The highest BCUT2D eigenvalue weighted by atomic mass is 16.2. The minimum absolute atomic E-state index is 0.116. The summed E-state index contributed by atoms with van der Waals surface area (Å²) in [7, 11) is 0. The first-order valence-electron chi connectivity index (χ1n) is 9.72. The van der Waals surface area contributed by atoms with Crippen molar-refractivity contribution in [3.05, 3.63) is 46.4 Å². The predicted molar refractivity (Wildman–Crippen MR) is 107 cm³/mol. The van der Waals surface area contributed by atoms with Crippen molar-refractivity contribution in [2.45, 2.75) is 46.1 Å². The van der Waals surface area contributed by atoms with Crippen LogP contribution in [0.25, 0.3) is 0 Å². The Bertz CT molecular complexity index is 894. The fraction of sp³-hybridized carbons (Fsp3) is 0.476. The van der Waals surface area contributed by atoms with Gasteiger partial charge in [-0.25, -0.2) is 9.97 Å². The molecule has 0 saturated carbocycles. The van der Waals surface area contributed by atoms with Crippen LogP contribution in [0.3, 0.4) is 0 Å². The number of rotatable bonds is 2. The minimum Gasteiger partial charge on any atom is -0.355 e. The van der Waals surface area contributed by atoms with Gasteiger partial charge < -0.3 is 15.5 Å². The van der Waals surface area contributed by atoms with Crippen molar-refractivity contribution in [2.24, 2.45) is 5.73 Å². The van der Waals surface area contributed by atoms with Crippen LogP contribution in [0, 0.1) is 20.8 Å². The largest absolute Gasteiger partial charge is 0.355 e. The monoisotopic (exact) mass is 365 g/mol. The maximum atomic E-state index is 13.3. The summed E-state index contributed by atoms with van der Waals surface area (Å²) in [6.07, 6.45) is 2.92. The molecule has 1 aromatic carbocycles. The average Bonchev–Trinajstić information content (AvgIpc) is 3.09. The first kappa shape index (κ1) is 17.9. The van der Waals surface area contributed by atoms with Gasteiger partial charge in [0.05, 0.1) is 0 Å². The number of aryl methyl sites for hydroxylation is 2. The van der Waals surface area contributed by atoms with Gasteiger partial charge in [-0.1, -0.05) is 12.1 Å². The minimum atomic E-state index is -0.116. The van der Waals surface area contributed by atoms with Crippen LogP contribution < -0.4 is 15.5 Å². The van der Waals surface area contributed by atoms with Crippen molar-refractivity contribution < 1.29 is 4.79 Å². The first-order chi connectivity index (χ1) is 13.0. The van der Waals surface area contributed by atoms with Gasteiger partial charge in [0.2, 0.25) is 5.82 Å². The third-order valence-electron chi connectivity index (χ3n) is 5.81. The summed E-state index contributed by atoms with van der Waals surface area (Å²) >= 11 is 0. The highest BCUT2D eigenvalue weighted by Gasteiger charge is 2.29. The Morgan fingerprint density at radius 2 is 2.00 bits per heavy atom. The number of benzene rings is 1. The van der Waals surface area contributed by atoms with Crippen LogP contribution in [0.5, 0.6) is 0 Å². The van der Waals surface area contributed by atoms with Crippen LogP contribution in [0.4, 0.5) is 11.5 Å². The van der Waals surface area contributed by atoms with Crippen LogP contribution in [0.15, 0.2) is 18.2 Å². The Labute approximate surface area is 160 Å². The zero-order valence-corrected chi connectivity index (χ0v) is 16.3. The van der Waals surface area contributed by atoms with Gasteiger partial charge in [0.25, 0.3) is 5.91 Å². The zero-order chi connectivity index (χ0) is 19.1. The van der Waals surface area contributed by atoms with Crippen LogP contribution >= 0.6 is 0 Å². The van der Waals surface area contributed by atoms with Gasteiger partial charge >= 0.3 is 0 Å². The van der Waals surface area contributed by atoms with E-state index in [0.29, 0.717) is 6.54 Å². The second-order valence-corrected chi connectivity index (χ2v) is 7.71. The van der Waals surface area contributed by atoms with Crippen LogP contribution in [0.2, 0.25) is 0 Å². The molecule has 3 heterocycles. The molecule has 142 valence electrons. The number of anilines is 2. The fourth-order valence-electron chi connectivity index (χ4n) is 4.13. The molecule has 0 bridgehead atoms. The lowest BCUT2D eigenvalue weighted by Gasteiger charge is -2.30. The van der Waals surface area contributed by atoms with Crippen molar-refractivity contribution in [3.63, 3.8) is 0 Å². The summed E-state index contributed by atoms with van der Waals surface area (Å²) in [5.74, 6) is 1.01. The van der Waals surface area contributed by atoms with Gasteiger partial charge in [0.1, 0.15) is 5.82 Å². The van der Waals surface area contributed by atoms with E-state index in [-0.39, 0.29) is 17.8 Å². The SMILES string of the molecule is Cc1cccc2c1CCCN2C(=O)c1nc(C)c(C)c(N2CC[C@@H](N)C2)n1. The second kappa shape index (κ2) is 6.93. The van der Waals surface area contributed by atoms with Crippen molar-refractivity contribution in [1.82, 2.24) is 9.97 Å². The summed E-state index contributed by atoms with van der Waals surface area (Å²) in [4.78, 5) is 26.6. The highest BCUT2D eigenvalue weighted by Crippen LogP contribution is 2.31. The van der Waals surface area contributed by atoms with Crippen molar-refractivity contribution in [1.29, 1.82) is 0 Å². The zero-order valence-electron chi connectivity index (χ0n) is 16.3. The maximum absolute atomic E-state index is 13.3. The molecule has 2 N–H and O–H groups in total. The molecule has 1 atom stereocenters. The van der Waals surface area contributed by atoms with Gasteiger partial charge in [-0.05, 0) is 57.2 Å². The Morgan fingerprint density at radius 1 is 1.19 bits per heavy atom. The number of hydrogen-bond acceptors (Lipinski definition) is 5. The molecule has 2 aliphatic rings. The summed E-state index contributed by atoms with van der Waals surface area (Å²) in [6, 6.07) is 6.31. The summed E-state index contributed by atoms with van der Waals surface area (Å²) in [6.45, 7) is 8.42. The lowest BCUT2D eigenvalue weighted by molar-refractivity contribution is 0.0975. The lowest BCUT2D eigenvalue weighted by Crippen LogP contribution is -2.37. The van der Waals surface area contributed by atoms with E-state index in [1.165, 1.54) is 11.1 Å². The van der Waals surface area contributed by atoms with E-state index in [2.05, 4.69) is 27.9 Å². The summed E-state index contributed by atoms with van der Waals surface area (Å²) < 4.78 is 0. The molecule has 1 aromatic heterocycles. The van der Waals surface area contributed by atoms with E-state index in [0.717, 1.165) is 55.1 Å². The lowest BCUT2D eigenvalue weighted by atomic mass is 9.97. The molecule has 6 heteroatoms. The van der Waals surface area contributed by atoms with Gasteiger partial charge in [-0.15, -0.1) is 0 Å². The summed E-state index contributed by atoms with van der Waals surface area (Å²) in [5, 5.41) is 0.